The van der Waals surface area contributed by atoms with E-state index in [1.807, 2.05) is 24.3 Å². The Hall–Kier alpha value is -1.10. The minimum absolute atomic E-state index is 0.404. The normalized spacial score (nSPS) is 15.1. The van der Waals surface area contributed by atoms with Crippen LogP contribution in [0.4, 0.5) is 25.2 Å². The molecule has 15 heteroatoms. The molecule has 0 aliphatic carbocycles. The third-order valence-electron chi connectivity index (χ3n) is 3.06. The zero-order valence-corrected chi connectivity index (χ0v) is 17.9. The molecule has 1 heterocycles. The standard InChI is InChI=1S/C13H23N6OP.F6P/c1-16(2)21(17(3)4)18(5)10-20-11-19-13-9-7-6-8-12(13)14-15-19;1-7(2,3,4,5)6/h6-9H,10-11H2,1-5H3;/q;-1/p+1. The summed E-state index contributed by atoms with van der Waals surface area (Å²) in [4.78, 5) is 0. The number of rotatable bonds is 7. The number of fused-ring (bicyclic) bond motifs is 1. The van der Waals surface area contributed by atoms with E-state index in [0.29, 0.717) is 13.5 Å². The molecule has 2 aromatic rings. The Morgan fingerprint density at radius 1 is 0.964 bits per heavy atom. The number of ether oxygens (including phenoxy) is 1. The summed E-state index contributed by atoms with van der Waals surface area (Å²) in [5.74, 6) is 0. The third kappa shape index (κ3) is 10.4. The summed E-state index contributed by atoms with van der Waals surface area (Å²) in [6.07, 6.45) is 0. The fourth-order valence-corrected chi connectivity index (χ4v) is 4.79. The van der Waals surface area contributed by atoms with E-state index >= 15 is 0 Å². The summed E-state index contributed by atoms with van der Waals surface area (Å²) in [6.45, 7) is 0.958. The molecule has 0 saturated heterocycles. The van der Waals surface area contributed by atoms with E-state index in [0.717, 1.165) is 11.0 Å². The van der Waals surface area contributed by atoms with E-state index in [1.165, 1.54) is 0 Å². The summed E-state index contributed by atoms with van der Waals surface area (Å²) in [5, 5.41) is 8.24. The number of halogens is 6. The second-order valence-corrected chi connectivity index (χ2v) is 11.4. The predicted octanol–water partition coefficient (Wildman–Crippen LogP) is 4.76. The van der Waals surface area contributed by atoms with Crippen LogP contribution >= 0.6 is 16.2 Å². The van der Waals surface area contributed by atoms with E-state index in [1.54, 1.807) is 4.68 Å². The van der Waals surface area contributed by atoms with E-state index in [9.17, 15) is 25.2 Å². The monoisotopic (exact) mass is 456 g/mol. The SMILES string of the molecule is CN(C)[PH+](N(C)C)N(C)COCn1nnc2ccccc21.F[P-](F)(F)(F)(F)F. The fourth-order valence-electron chi connectivity index (χ4n) is 2.42. The first kappa shape index (κ1) is 24.9. The maximum absolute atomic E-state index is 10.7. The zero-order valence-electron chi connectivity index (χ0n) is 16.0. The van der Waals surface area contributed by atoms with Crippen molar-refractivity contribution in [3.05, 3.63) is 24.3 Å². The first-order chi connectivity index (χ1) is 12.5. The van der Waals surface area contributed by atoms with Crippen molar-refractivity contribution in [2.75, 3.05) is 42.0 Å². The Labute approximate surface area is 160 Å². The van der Waals surface area contributed by atoms with Crippen LogP contribution in [0.5, 0.6) is 0 Å². The molecule has 0 amide bonds. The van der Waals surface area contributed by atoms with Gasteiger partial charge in [0, 0.05) is 35.2 Å². The number of nitrogens with zero attached hydrogens (tertiary/aromatic N) is 6. The van der Waals surface area contributed by atoms with Crippen molar-refractivity contribution in [3.8, 4) is 0 Å². The molecule has 0 bridgehead atoms. The topological polar surface area (TPSA) is 49.7 Å². The van der Waals surface area contributed by atoms with Gasteiger partial charge in [0.2, 0.25) is 8.37 Å². The van der Waals surface area contributed by atoms with Crippen molar-refractivity contribution in [3.63, 3.8) is 0 Å². The minimum atomic E-state index is -10.7. The van der Waals surface area contributed by atoms with Gasteiger partial charge in [0.05, 0.1) is 5.52 Å². The Balaban J connectivity index is 0.000000480. The molecule has 1 aromatic carbocycles. The van der Waals surface area contributed by atoms with E-state index in [-0.39, 0.29) is 0 Å². The van der Waals surface area contributed by atoms with Crippen LogP contribution in [-0.2, 0) is 11.5 Å². The molecule has 0 aliphatic heterocycles. The summed E-state index contributed by atoms with van der Waals surface area (Å²) < 4.78 is 73.5. The van der Waals surface area contributed by atoms with Crippen LogP contribution in [0, 0.1) is 0 Å². The number of benzene rings is 1. The second-order valence-electron chi connectivity index (χ2n) is 6.29. The number of para-hydroxylation sites is 1. The summed E-state index contributed by atoms with van der Waals surface area (Å²) >= 11 is 0. The van der Waals surface area contributed by atoms with Gasteiger partial charge in [0.15, 0.2) is 0 Å². The van der Waals surface area contributed by atoms with Gasteiger partial charge in [-0.2, -0.15) is 9.34 Å². The molecule has 0 aliphatic rings. The van der Waals surface area contributed by atoms with Gasteiger partial charge in [-0.05, 0) is 12.1 Å². The van der Waals surface area contributed by atoms with Gasteiger partial charge in [-0.15, -0.1) is 9.77 Å². The van der Waals surface area contributed by atoms with Crippen LogP contribution in [0.2, 0.25) is 0 Å². The van der Waals surface area contributed by atoms with Crippen LogP contribution in [0.15, 0.2) is 24.3 Å². The van der Waals surface area contributed by atoms with Crippen LogP contribution < -0.4 is 0 Å². The number of hydrogen-bond donors (Lipinski definition) is 0. The van der Waals surface area contributed by atoms with Gasteiger partial charge in [0.1, 0.15) is 19.0 Å². The zero-order chi connectivity index (χ0) is 21.8. The molecule has 0 N–H and O–H groups in total. The average molecular weight is 456 g/mol. The first-order valence-corrected chi connectivity index (χ1v) is 11.2. The van der Waals surface area contributed by atoms with E-state index in [2.05, 4.69) is 59.6 Å². The van der Waals surface area contributed by atoms with Gasteiger partial charge in [-0.1, -0.05) is 17.3 Å². The fraction of sp³-hybridized carbons (Fsp3) is 0.538. The molecule has 0 radical (unpaired) electrons. The van der Waals surface area contributed by atoms with Gasteiger partial charge >= 0.3 is 33.0 Å². The van der Waals surface area contributed by atoms with Gasteiger partial charge in [-0.25, -0.2) is 4.68 Å². The van der Waals surface area contributed by atoms with E-state index < -0.39 is 16.2 Å². The molecule has 7 nitrogen and oxygen atoms in total. The van der Waals surface area contributed by atoms with Crippen molar-refractivity contribution >= 4 is 27.2 Å². The Bertz CT molecular complexity index is 750. The third-order valence-corrected chi connectivity index (χ3v) is 5.47. The second kappa shape index (κ2) is 8.33. The van der Waals surface area contributed by atoms with Gasteiger partial charge in [0.25, 0.3) is 0 Å². The molecular weight excluding hydrogens is 432 g/mol. The molecule has 2 rings (SSSR count). The predicted molar refractivity (Wildman–Crippen MR) is 101 cm³/mol. The summed E-state index contributed by atoms with van der Waals surface area (Å²) in [6, 6.07) is 7.88. The molecule has 0 spiro atoms. The van der Waals surface area contributed by atoms with Crippen molar-refractivity contribution < 1.29 is 29.9 Å². The average Bonchev–Trinajstić information content (AvgIpc) is 2.87. The number of aromatic nitrogens is 3. The van der Waals surface area contributed by atoms with Crippen molar-refractivity contribution in [2.45, 2.75) is 6.73 Å². The first-order valence-electron chi connectivity index (χ1n) is 7.81. The van der Waals surface area contributed by atoms with Crippen molar-refractivity contribution in [1.82, 2.24) is 29.0 Å². The van der Waals surface area contributed by atoms with Gasteiger partial charge < -0.3 is 4.74 Å². The molecular formula is C13H24F6N6OP2. The Morgan fingerprint density at radius 3 is 1.96 bits per heavy atom. The Kier molecular flexibility index (Phi) is 7.42. The van der Waals surface area contributed by atoms with Crippen LogP contribution in [0.3, 0.4) is 0 Å². The molecule has 0 fully saturated rings. The maximum atomic E-state index is 9.87. The molecule has 0 atom stereocenters. The van der Waals surface area contributed by atoms with Crippen LogP contribution in [0.1, 0.15) is 0 Å². The van der Waals surface area contributed by atoms with E-state index in [4.69, 9.17) is 4.74 Å². The van der Waals surface area contributed by atoms with Crippen LogP contribution in [-0.4, -0.2) is 71.0 Å². The number of hydrogen-bond acceptors (Lipinski definition) is 6. The quantitative estimate of drug-likeness (QED) is 0.340. The summed E-state index contributed by atoms with van der Waals surface area (Å²) in [7, 11) is -1.12. The Morgan fingerprint density at radius 2 is 1.46 bits per heavy atom. The molecule has 164 valence electrons. The summed E-state index contributed by atoms with van der Waals surface area (Å²) in [5.41, 5.74) is 1.88. The van der Waals surface area contributed by atoms with Gasteiger partial charge in [-0.3, -0.25) is 0 Å². The molecule has 0 saturated carbocycles. The van der Waals surface area contributed by atoms with Crippen LogP contribution in [0.25, 0.3) is 11.0 Å². The van der Waals surface area contributed by atoms with Crippen molar-refractivity contribution in [1.29, 1.82) is 0 Å². The molecule has 0 unspecified atom stereocenters. The molecule has 28 heavy (non-hydrogen) atoms. The van der Waals surface area contributed by atoms with Crippen molar-refractivity contribution in [2.24, 2.45) is 0 Å². The molecule has 1 aromatic heterocycles.